The molecular weight excluding hydrogens is 544 g/mol. The van der Waals surface area contributed by atoms with Crippen LogP contribution in [0.5, 0.6) is 11.5 Å². The largest absolute Gasteiger partial charge is 0.503 e. The molecule has 0 fully saturated rings. The van der Waals surface area contributed by atoms with Crippen LogP contribution in [0.15, 0.2) is 65.9 Å². The highest BCUT2D eigenvalue weighted by atomic mass is 32.1. The van der Waals surface area contributed by atoms with Gasteiger partial charge in [-0.2, -0.15) is 0 Å². The van der Waals surface area contributed by atoms with Gasteiger partial charge in [0.25, 0.3) is 5.91 Å². The number of ketones is 1. The molecule has 41 heavy (non-hydrogen) atoms. The van der Waals surface area contributed by atoms with Crippen molar-refractivity contribution in [3.63, 3.8) is 0 Å². The van der Waals surface area contributed by atoms with Crippen molar-refractivity contribution < 1.29 is 33.7 Å². The first-order valence-corrected chi connectivity index (χ1v) is 14.1. The van der Waals surface area contributed by atoms with Crippen LogP contribution < -0.4 is 14.4 Å². The summed E-state index contributed by atoms with van der Waals surface area (Å²) in [5.74, 6) is -1.69. The normalized spacial score (nSPS) is 15.1. The Balaban J connectivity index is 1.80. The maximum Gasteiger partial charge on any atom is 0.350 e. The van der Waals surface area contributed by atoms with Crippen molar-refractivity contribution in [1.29, 1.82) is 0 Å². The lowest BCUT2D eigenvalue weighted by Gasteiger charge is -2.25. The average Bonchev–Trinajstić information content (AvgIpc) is 3.49. The van der Waals surface area contributed by atoms with E-state index in [2.05, 4.69) is 11.9 Å². The van der Waals surface area contributed by atoms with E-state index in [0.717, 1.165) is 29.7 Å². The lowest BCUT2D eigenvalue weighted by atomic mass is 9.95. The first-order valence-electron chi connectivity index (χ1n) is 13.3. The van der Waals surface area contributed by atoms with Gasteiger partial charge < -0.3 is 19.3 Å². The van der Waals surface area contributed by atoms with Gasteiger partial charge in [-0.1, -0.05) is 67.2 Å². The third kappa shape index (κ3) is 6.33. The second-order valence-electron chi connectivity index (χ2n) is 9.19. The van der Waals surface area contributed by atoms with Gasteiger partial charge in [0.15, 0.2) is 28.2 Å². The summed E-state index contributed by atoms with van der Waals surface area (Å²) in [4.78, 5) is 45.5. The van der Waals surface area contributed by atoms with Gasteiger partial charge in [-0.15, -0.1) is 0 Å². The number of hydrogen-bond donors (Lipinski definition) is 1. The number of rotatable bonds is 12. The number of allylic oxidation sites excluding steroid dienone is 1. The number of hydrogen-bond acceptors (Lipinski definition) is 9. The molecule has 0 spiro atoms. The quantitative estimate of drug-likeness (QED) is 0.159. The third-order valence-electron chi connectivity index (χ3n) is 6.41. The molecule has 1 unspecified atom stereocenters. The van der Waals surface area contributed by atoms with Crippen LogP contribution in [-0.4, -0.2) is 48.1 Å². The molecule has 4 rings (SSSR count). The predicted octanol–water partition coefficient (Wildman–Crippen LogP) is 6.00. The van der Waals surface area contributed by atoms with E-state index in [4.69, 9.17) is 14.2 Å². The highest BCUT2D eigenvalue weighted by Crippen LogP contribution is 2.45. The monoisotopic (exact) mass is 576 g/mol. The summed E-state index contributed by atoms with van der Waals surface area (Å²) in [6.07, 6.45) is 4.77. The zero-order chi connectivity index (χ0) is 29.5. The molecule has 1 amide bonds. The van der Waals surface area contributed by atoms with Gasteiger partial charge >= 0.3 is 5.97 Å². The fourth-order valence-electron chi connectivity index (χ4n) is 4.37. The topological polar surface area (TPSA) is 115 Å². The number of nitrogens with zero attached hydrogens (tertiary/aromatic N) is 2. The van der Waals surface area contributed by atoms with Crippen LogP contribution in [-0.2, 0) is 14.3 Å². The number of carbonyl (C=O) groups excluding carboxylic acids is 3. The van der Waals surface area contributed by atoms with Crippen LogP contribution in [0.4, 0.5) is 5.13 Å². The van der Waals surface area contributed by atoms with E-state index >= 15 is 0 Å². The molecule has 10 heteroatoms. The van der Waals surface area contributed by atoms with E-state index in [0.29, 0.717) is 29.4 Å². The zero-order valence-electron chi connectivity index (χ0n) is 23.4. The van der Waals surface area contributed by atoms with E-state index in [1.165, 1.54) is 18.1 Å². The second kappa shape index (κ2) is 13.3. The standard InChI is InChI=1S/C31H32N2O7S/c1-5-7-17-40-23-16-14-21(18-24(23)38-4)26-25(22(34)15-13-20-11-9-8-10-12-20)27(35)29(36)33(26)31-32-19(3)28(41-31)30(37)39-6-2/h8-16,18,26,35H,5-7,17H2,1-4H3. The number of benzene rings is 2. The predicted molar refractivity (Wildman–Crippen MR) is 157 cm³/mol. The molecule has 1 aliphatic rings. The Morgan fingerprint density at radius 2 is 1.88 bits per heavy atom. The van der Waals surface area contributed by atoms with Crippen LogP contribution >= 0.6 is 11.3 Å². The number of aliphatic hydroxyl groups excluding tert-OH is 1. The van der Waals surface area contributed by atoms with Crippen molar-refractivity contribution in [2.45, 2.75) is 39.7 Å². The van der Waals surface area contributed by atoms with Gasteiger partial charge in [0.2, 0.25) is 0 Å². The summed E-state index contributed by atoms with van der Waals surface area (Å²) in [6.45, 7) is 6.07. The highest BCUT2D eigenvalue weighted by Gasteiger charge is 2.45. The van der Waals surface area contributed by atoms with Crippen molar-refractivity contribution in [3.8, 4) is 11.5 Å². The van der Waals surface area contributed by atoms with Gasteiger partial charge in [0.05, 0.1) is 37.6 Å². The van der Waals surface area contributed by atoms with E-state index in [1.54, 1.807) is 38.1 Å². The van der Waals surface area contributed by atoms with Crippen molar-refractivity contribution >= 4 is 40.2 Å². The minimum Gasteiger partial charge on any atom is -0.503 e. The minimum atomic E-state index is -1.05. The molecular formula is C31H32N2O7S. The summed E-state index contributed by atoms with van der Waals surface area (Å²) < 4.78 is 16.6. The Labute approximate surface area is 242 Å². The Hall–Kier alpha value is -4.44. The second-order valence-corrected chi connectivity index (χ2v) is 10.2. The molecule has 1 aliphatic heterocycles. The van der Waals surface area contributed by atoms with Crippen LogP contribution in [0.1, 0.15) is 59.2 Å². The summed E-state index contributed by atoms with van der Waals surface area (Å²) in [6, 6.07) is 13.3. The average molecular weight is 577 g/mol. The Bertz CT molecular complexity index is 1490. The van der Waals surface area contributed by atoms with Crippen LogP contribution in [0.3, 0.4) is 0 Å². The lowest BCUT2D eigenvalue weighted by molar-refractivity contribution is -0.117. The van der Waals surface area contributed by atoms with Gasteiger partial charge in [-0.3, -0.25) is 14.5 Å². The van der Waals surface area contributed by atoms with E-state index in [-0.39, 0.29) is 22.2 Å². The maximum atomic E-state index is 13.6. The Kier molecular flexibility index (Phi) is 9.57. The smallest absolute Gasteiger partial charge is 0.350 e. The molecule has 0 aliphatic carbocycles. The molecule has 2 heterocycles. The molecule has 1 atom stereocenters. The molecule has 214 valence electrons. The Morgan fingerprint density at radius 3 is 2.56 bits per heavy atom. The first kappa shape index (κ1) is 29.5. The number of aromatic nitrogens is 1. The molecule has 1 aromatic heterocycles. The summed E-state index contributed by atoms with van der Waals surface area (Å²) in [5, 5.41) is 11.2. The molecule has 1 N–H and O–H groups in total. The molecule has 3 aromatic rings. The lowest BCUT2D eigenvalue weighted by Crippen LogP contribution is -2.30. The summed E-state index contributed by atoms with van der Waals surface area (Å²) in [7, 11) is 1.50. The zero-order valence-corrected chi connectivity index (χ0v) is 24.2. The number of aliphatic hydroxyl groups is 1. The fraction of sp³-hybridized carbons (Fsp3) is 0.290. The molecule has 0 saturated heterocycles. The molecule has 0 bridgehead atoms. The number of aryl methyl sites for hydroxylation is 1. The fourth-order valence-corrected chi connectivity index (χ4v) is 5.35. The third-order valence-corrected chi connectivity index (χ3v) is 7.55. The van der Waals surface area contributed by atoms with E-state index in [9.17, 15) is 19.5 Å². The number of ether oxygens (including phenoxy) is 3. The van der Waals surface area contributed by atoms with Gasteiger partial charge in [-0.05, 0) is 49.6 Å². The number of amides is 1. The number of anilines is 1. The van der Waals surface area contributed by atoms with Crippen molar-refractivity contribution in [3.05, 3.63) is 87.6 Å². The van der Waals surface area contributed by atoms with Crippen LogP contribution in [0.25, 0.3) is 6.08 Å². The van der Waals surface area contributed by atoms with Gasteiger partial charge in [0.1, 0.15) is 4.88 Å². The Morgan fingerprint density at radius 1 is 1.12 bits per heavy atom. The number of thiazole rings is 1. The number of methoxy groups -OCH3 is 1. The molecule has 0 saturated carbocycles. The SMILES string of the molecule is CCCCOc1ccc(C2C(C(=O)C=Cc3ccccc3)=C(O)C(=O)N2c2nc(C)c(C(=O)OCC)s2)cc1OC. The summed E-state index contributed by atoms with van der Waals surface area (Å²) >= 11 is 0.956. The number of unbranched alkanes of at least 4 members (excludes halogenated alkanes) is 1. The number of esters is 1. The van der Waals surface area contributed by atoms with E-state index in [1.807, 2.05) is 30.3 Å². The van der Waals surface area contributed by atoms with Crippen molar-refractivity contribution in [2.24, 2.45) is 0 Å². The number of carbonyl (C=O) groups is 3. The van der Waals surface area contributed by atoms with E-state index < -0.39 is 29.5 Å². The van der Waals surface area contributed by atoms with Gasteiger partial charge in [-0.25, -0.2) is 9.78 Å². The molecule has 2 aromatic carbocycles. The maximum absolute atomic E-state index is 13.6. The van der Waals surface area contributed by atoms with Gasteiger partial charge in [0, 0.05) is 0 Å². The highest BCUT2D eigenvalue weighted by molar-refractivity contribution is 7.17. The van der Waals surface area contributed by atoms with Crippen LogP contribution in [0.2, 0.25) is 0 Å². The minimum absolute atomic E-state index is 0.116. The summed E-state index contributed by atoms with van der Waals surface area (Å²) in [5.41, 5.74) is 1.53. The molecule has 0 radical (unpaired) electrons. The van der Waals surface area contributed by atoms with Crippen molar-refractivity contribution in [2.75, 3.05) is 25.2 Å². The molecule has 9 nitrogen and oxygen atoms in total. The van der Waals surface area contributed by atoms with Crippen LogP contribution in [0, 0.1) is 6.92 Å². The first-order chi connectivity index (χ1) is 19.8. The van der Waals surface area contributed by atoms with Crippen molar-refractivity contribution in [1.82, 2.24) is 4.98 Å².